The van der Waals surface area contributed by atoms with E-state index in [9.17, 15) is 26.7 Å². The van der Waals surface area contributed by atoms with Crippen molar-refractivity contribution in [2.45, 2.75) is 55.7 Å². The van der Waals surface area contributed by atoms with Gasteiger partial charge in [0.05, 0.1) is 10.9 Å². The summed E-state index contributed by atoms with van der Waals surface area (Å²) in [6, 6.07) is 3.98. The number of anilines is 2. The summed E-state index contributed by atoms with van der Waals surface area (Å²) in [5, 5.41) is 13.8. The molecule has 4 unspecified atom stereocenters. The Kier molecular flexibility index (Phi) is 5.50. The van der Waals surface area contributed by atoms with E-state index in [1.807, 2.05) is 0 Å². The second kappa shape index (κ2) is 8.32. The third-order valence-electron chi connectivity index (χ3n) is 7.96. The minimum absolute atomic E-state index is 0.0785. The van der Waals surface area contributed by atoms with Gasteiger partial charge in [-0.25, -0.2) is 8.42 Å². The minimum atomic E-state index is -4.29. The largest absolute Gasteiger partial charge is 0.511 e. The molecule has 0 radical (unpaired) electrons. The fraction of sp³-hybridized carbons (Fsp3) is 0.520. The lowest BCUT2D eigenvalue weighted by molar-refractivity contribution is -0.132. The van der Waals surface area contributed by atoms with Crippen LogP contribution in [-0.4, -0.2) is 56.4 Å². The van der Waals surface area contributed by atoms with Crippen LogP contribution in [0, 0.1) is 23.7 Å². The van der Waals surface area contributed by atoms with Crippen LogP contribution in [0.25, 0.3) is 0 Å². The molecule has 1 aromatic carbocycles. The number of fused-ring (bicyclic) bond motifs is 6. The summed E-state index contributed by atoms with van der Waals surface area (Å²) in [5.74, 6) is -0.449. The van der Waals surface area contributed by atoms with E-state index in [4.69, 9.17) is 0 Å². The number of sulfonamides is 2. The number of allylic oxidation sites excluding steroid dienone is 1. The Morgan fingerprint density at radius 1 is 1.22 bits per heavy atom. The van der Waals surface area contributed by atoms with E-state index < -0.39 is 31.2 Å². The first-order chi connectivity index (χ1) is 17.5. The van der Waals surface area contributed by atoms with Crippen LogP contribution in [0.5, 0.6) is 0 Å². The number of hydrogen-bond donors (Lipinski definition) is 3. The normalized spacial score (nSPS) is 29.8. The summed E-state index contributed by atoms with van der Waals surface area (Å²) < 4.78 is 57.4. The van der Waals surface area contributed by atoms with Crippen molar-refractivity contribution in [2.75, 3.05) is 16.6 Å². The van der Waals surface area contributed by atoms with Gasteiger partial charge in [0, 0.05) is 24.2 Å². The third-order valence-corrected chi connectivity index (χ3v) is 11.1. The van der Waals surface area contributed by atoms with Crippen molar-refractivity contribution in [1.29, 1.82) is 0 Å². The number of benzene rings is 1. The lowest BCUT2D eigenvalue weighted by atomic mass is 9.80. The maximum atomic E-state index is 13.8. The number of carbonyl (C=O) groups excluding carboxylic acids is 1. The maximum Gasteiger partial charge on any atom is 0.286 e. The van der Waals surface area contributed by atoms with Crippen molar-refractivity contribution in [3.63, 3.8) is 0 Å². The van der Waals surface area contributed by atoms with Crippen LogP contribution in [-0.2, 0) is 24.8 Å². The van der Waals surface area contributed by atoms with Gasteiger partial charge < -0.3 is 15.3 Å². The van der Waals surface area contributed by atoms with Crippen molar-refractivity contribution in [3.05, 3.63) is 41.7 Å². The summed E-state index contributed by atoms with van der Waals surface area (Å²) >= 11 is 0. The van der Waals surface area contributed by atoms with E-state index in [1.165, 1.54) is 18.2 Å². The van der Waals surface area contributed by atoms with E-state index in [1.54, 1.807) is 4.90 Å². The first kappa shape index (κ1) is 24.5. The minimum Gasteiger partial charge on any atom is -0.511 e. The Balaban J connectivity index is 1.37. The van der Waals surface area contributed by atoms with Gasteiger partial charge in [0.2, 0.25) is 10.0 Å². The molecule has 3 N–H and O–H groups in total. The summed E-state index contributed by atoms with van der Waals surface area (Å²) in [6.07, 6.45) is 6.97. The lowest BCUT2D eigenvalue weighted by Crippen LogP contribution is -2.54. The summed E-state index contributed by atoms with van der Waals surface area (Å²) in [4.78, 5) is 15.3. The molecule has 2 aliphatic heterocycles. The summed E-state index contributed by atoms with van der Waals surface area (Å²) in [7, 11) is -7.86. The summed E-state index contributed by atoms with van der Waals surface area (Å²) in [5.41, 5.74) is 0.178. The van der Waals surface area contributed by atoms with Crippen LogP contribution >= 0.6 is 0 Å². The number of nitrogens with one attached hydrogen (secondary N) is 2. The molecule has 10 nitrogen and oxygen atoms in total. The van der Waals surface area contributed by atoms with Crippen molar-refractivity contribution < 1.29 is 26.7 Å². The molecular formula is C25H30N4O6S2. The zero-order valence-electron chi connectivity index (χ0n) is 20.6. The average molecular weight is 547 g/mol. The Labute approximate surface area is 216 Å². The zero-order chi connectivity index (χ0) is 26.3. The molecule has 37 heavy (non-hydrogen) atoms. The molecule has 5 aliphatic rings. The van der Waals surface area contributed by atoms with E-state index in [-0.39, 0.29) is 57.2 Å². The number of hydrogen-bond acceptors (Lipinski definition) is 7. The van der Waals surface area contributed by atoms with Gasteiger partial charge in [-0.3, -0.25) is 9.52 Å². The molecule has 0 spiro atoms. The quantitative estimate of drug-likeness (QED) is 0.446. The fourth-order valence-electron chi connectivity index (χ4n) is 5.97. The Morgan fingerprint density at radius 3 is 2.65 bits per heavy atom. The molecule has 2 saturated carbocycles. The van der Waals surface area contributed by atoms with Crippen molar-refractivity contribution in [3.8, 4) is 0 Å². The highest BCUT2D eigenvalue weighted by molar-refractivity contribution is 7.93. The van der Waals surface area contributed by atoms with Gasteiger partial charge >= 0.3 is 0 Å². The molecule has 2 bridgehead atoms. The number of aliphatic hydroxyl groups excluding tert-OH is 1. The average Bonchev–Trinajstić information content (AvgIpc) is 3.49. The van der Waals surface area contributed by atoms with E-state index in [0.29, 0.717) is 25.3 Å². The highest BCUT2D eigenvalue weighted by Crippen LogP contribution is 2.52. The molecule has 1 aromatic rings. The topological polar surface area (TPSA) is 145 Å². The lowest BCUT2D eigenvalue weighted by Gasteiger charge is -2.43. The number of rotatable bonds is 7. The van der Waals surface area contributed by atoms with E-state index in [0.717, 1.165) is 12.8 Å². The first-order valence-corrected chi connectivity index (χ1v) is 15.7. The zero-order valence-corrected chi connectivity index (χ0v) is 22.2. The molecule has 3 aliphatic carbocycles. The molecule has 198 valence electrons. The van der Waals surface area contributed by atoms with Crippen LogP contribution in [0.3, 0.4) is 0 Å². The van der Waals surface area contributed by atoms with E-state index >= 15 is 0 Å². The summed E-state index contributed by atoms with van der Waals surface area (Å²) in [6.45, 7) is 4.67. The van der Waals surface area contributed by atoms with Crippen molar-refractivity contribution in [2.24, 2.45) is 28.1 Å². The number of nitrogens with zero attached hydrogens (tertiary/aromatic N) is 2. The molecular weight excluding hydrogens is 516 g/mol. The molecule has 4 atom stereocenters. The number of amidine groups is 1. The van der Waals surface area contributed by atoms with E-state index in [2.05, 4.69) is 40.4 Å². The van der Waals surface area contributed by atoms with Crippen molar-refractivity contribution >= 4 is 43.2 Å². The van der Waals surface area contributed by atoms with Gasteiger partial charge in [-0.15, -0.1) is 4.40 Å². The molecule has 1 amide bonds. The van der Waals surface area contributed by atoms with Gasteiger partial charge in [-0.1, -0.05) is 26.0 Å². The predicted molar refractivity (Wildman–Crippen MR) is 139 cm³/mol. The molecule has 2 heterocycles. The van der Waals surface area contributed by atoms with Crippen LogP contribution in [0.1, 0.15) is 39.5 Å². The first-order valence-electron chi connectivity index (χ1n) is 12.7. The Bertz CT molecular complexity index is 1490. The van der Waals surface area contributed by atoms with Crippen LogP contribution in [0.15, 0.2) is 51.0 Å². The second-order valence-electron chi connectivity index (χ2n) is 11.0. The SMILES string of the molecule is CC(C)CCN1C(=O)C(C2=NS(=O)(=O)c3cc(NS(=O)(=O)C4CC4)ccc3N2)=C(O)C2C3C=CC(C3)C21. The third kappa shape index (κ3) is 4.04. The Morgan fingerprint density at radius 2 is 1.95 bits per heavy atom. The molecule has 6 rings (SSSR count). The van der Waals surface area contributed by atoms with Gasteiger partial charge in [0.1, 0.15) is 16.2 Å². The Hall–Kier alpha value is -2.86. The highest BCUT2D eigenvalue weighted by Gasteiger charge is 2.55. The second-order valence-corrected chi connectivity index (χ2v) is 14.5. The standard InChI is InChI=1S/C25H30N4O6S2/c1-13(2)9-10-29-22-15-4-3-14(11-15)20(22)23(30)21(25(29)31)24-26-18-8-5-16(12-19(18)37(34,35)28-24)27-36(32,33)17-6-7-17/h3-5,8,12-15,17,20,22,27,30H,6-7,9-11H2,1-2H3,(H,26,28). The smallest absolute Gasteiger partial charge is 0.286 e. The fourth-order valence-corrected chi connectivity index (χ4v) is 8.49. The van der Waals surface area contributed by atoms with Crippen LogP contribution < -0.4 is 10.0 Å². The molecule has 2 fully saturated rings. The molecule has 0 aromatic heterocycles. The van der Waals surface area contributed by atoms with Crippen molar-refractivity contribution in [1.82, 2.24) is 4.90 Å². The molecule has 0 saturated heterocycles. The van der Waals surface area contributed by atoms with Gasteiger partial charge in [-0.05, 0) is 61.6 Å². The number of amides is 1. The van der Waals surface area contributed by atoms with Gasteiger partial charge in [0.25, 0.3) is 15.9 Å². The van der Waals surface area contributed by atoms with Gasteiger partial charge in [0.15, 0.2) is 5.84 Å². The maximum absolute atomic E-state index is 13.8. The number of aliphatic hydroxyl groups is 1. The van der Waals surface area contributed by atoms with Crippen LogP contribution in [0.4, 0.5) is 11.4 Å². The predicted octanol–water partition coefficient (Wildman–Crippen LogP) is 2.99. The monoisotopic (exact) mass is 546 g/mol. The number of carbonyl (C=O) groups is 1. The highest BCUT2D eigenvalue weighted by atomic mass is 32.2. The molecule has 12 heteroatoms. The van der Waals surface area contributed by atoms with Crippen LogP contribution in [0.2, 0.25) is 0 Å². The van der Waals surface area contributed by atoms with Gasteiger partial charge in [-0.2, -0.15) is 8.42 Å².